The van der Waals surface area contributed by atoms with Crippen LogP contribution < -0.4 is 5.32 Å². The van der Waals surface area contributed by atoms with E-state index in [4.69, 9.17) is 4.74 Å². The molecule has 3 rings (SSSR count). The molecule has 2 aromatic rings. The Morgan fingerprint density at radius 2 is 2.23 bits per heavy atom. The van der Waals surface area contributed by atoms with Gasteiger partial charge in [-0.1, -0.05) is 0 Å². The van der Waals surface area contributed by atoms with E-state index in [2.05, 4.69) is 20.5 Å². The molecule has 1 N–H and O–H groups in total. The zero-order chi connectivity index (χ0) is 15.9. The van der Waals surface area contributed by atoms with Crippen LogP contribution in [-0.2, 0) is 16.1 Å². The molecule has 8 nitrogen and oxygen atoms in total. The van der Waals surface area contributed by atoms with Gasteiger partial charge in [0.15, 0.2) is 0 Å². The maximum atomic E-state index is 12.3. The Bertz CT molecular complexity index is 757. The molecule has 0 amide bonds. The Morgan fingerprint density at radius 3 is 2.86 bits per heavy atom. The van der Waals surface area contributed by atoms with E-state index in [1.165, 1.54) is 13.4 Å². The van der Waals surface area contributed by atoms with Gasteiger partial charge in [-0.3, -0.25) is 4.68 Å². The molecule has 1 unspecified atom stereocenters. The number of nitrogens with zero attached hydrogens (tertiary/aromatic N) is 5. The van der Waals surface area contributed by atoms with Crippen LogP contribution in [0.3, 0.4) is 0 Å². The molecule has 1 atom stereocenters. The third-order valence-corrected chi connectivity index (χ3v) is 3.80. The Hall–Kier alpha value is -2.64. The summed E-state index contributed by atoms with van der Waals surface area (Å²) in [7, 11) is 1.37. The van der Waals surface area contributed by atoms with Gasteiger partial charge in [0.1, 0.15) is 12.4 Å². The molecule has 1 aliphatic rings. The highest BCUT2D eigenvalue weighted by Gasteiger charge is 2.35. The number of rotatable bonds is 3. The van der Waals surface area contributed by atoms with Crippen LogP contribution in [0.2, 0.25) is 0 Å². The molecule has 0 bridgehead atoms. The average Bonchev–Trinajstić information content (AvgIpc) is 3.11. The van der Waals surface area contributed by atoms with Crippen molar-refractivity contribution in [3.05, 3.63) is 35.1 Å². The van der Waals surface area contributed by atoms with Crippen LogP contribution >= 0.6 is 0 Å². The first-order valence-corrected chi connectivity index (χ1v) is 7.06. The van der Waals surface area contributed by atoms with Crippen molar-refractivity contribution in [3.63, 3.8) is 0 Å². The largest absolute Gasteiger partial charge is 0.466 e. The quantitative estimate of drug-likeness (QED) is 0.859. The van der Waals surface area contributed by atoms with Crippen molar-refractivity contribution in [2.24, 2.45) is 0 Å². The van der Waals surface area contributed by atoms with E-state index in [0.29, 0.717) is 17.2 Å². The van der Waals surface area contributed by atoms with Gasteiger partial charge < -0.3 is 10.1 Å². The third-order valence-electron chi connectivity index (χ3n) is 3.80. The van der Waals surface area contributed by atoms with Crippen molar-refractivity contribution in [2.75, 3.05) is 12.4 Å². The standard InChI is InChI=1S/C14H18N6O2/c1-5-19-6-10(8(2)18-19)12-11(13(21)22-4)9(3)17-14-15-7-16-20(12)14/h6-7,12H,5H2,1-4H3,(H,15,16,17). The molecule has 22 heavy (non-hydrogen) atoms. The van der Waals surface area contributed by atoms with Gasteiger partial charge in [-0.15, -0.1) is 0 Å². The van der Waals surface area contributed by atoms with Crippen LogP contribution in [0.5, 0.6) is 0 Å². The maximum absolute atomic E-state index is 12.3. The molecule has 0 saturated carbocycles. The highest BCUT2D eigenvalue weighted by molar-refractivity contribution is 5.92. The summed E-state index contributed by atoms with van der Waals surface area (Å²) >= 11 is 0. The van der Waals surface area contributed by atoms with Gasteiger partial charge in [0.05, 0.1) is 18.4 Å². The minimum atomic E-state index is -0.397. The Morgan fingerprint density at radius 1 is 1.45 bits per heavy atom. The number of fused-ring (bicyclic) bond motifs is 1. The lowest BCUT2D eigenvalue weighted by molar-refractivity contribution is -0.136. The number of nitrogens with one attached hydrogen (secondary N) is 1. The Labute approximate surface area is 127 Å². The first-order valence-electron chi connectivity index (χ1n) is 7.06. The summed E-state index contributed by atoms with van der Waals surface area (Å²) in [5, 5.41) is 11.8. The van der Waals surface area contributed by atoms with Crippen LogP contribution in [0.15, 0.2) is 23.8 Å². The van der Waals surface area contributed by atoms with Crippen molar-refractivity contribution < 1.29 is 9.53 Å². The van der Waals surface area contributed by atoms with Crippen molar-refractivity contribution in [1.82, 2.24) is 24.5 Å². The van der Waals surface area contributed by atoms with Gasteiger partial charge in [-0.2, -0.15) is 15.2 Å². The van der Waals surface area contributed by atoms with Gasteiger partial charge in [0, 0.05) is 24.0 Å². The highest BCUT2D eigenvalue weighted by atomic mass is 16.5. The third kappa shape index (κ3) is 2.07. The molecule has 3 heterocycles. The molecule has 8 heteroatoms. The van der Waals surface area contributed by atoms with Crippen LogP contribution in [0, 0.1) is 6.92 Å². The zero-order valence-corrected chi connectivity index (χ0v) is 13.0. The number of hydrogen-bond donors (Lipinski definition) is 1. The van der Waals surface area contributed by atoms with Gasteiger partial charge >= 0.3 is 5.97 Å². The smallest absolute Gasteiger partial charge is 0.338 e. The molecular formula is C14H18N6O2. The summed E-state index contributed by atoms with van der Waals surface area (Å²) in [6, 6.07) is -0.397. The number of carbonyl (C=O) groups is 1. The van der Waals surface area contributed by atoms with E-state index in [1.54, 1.807) is 4.68 Å². The normalized spacial score (nSPS) is 17.2. The van der Waals surface area contributed by atoms with E-state index in [0.717, 1.165) is 17.8 Å². The number of methoxy groups -OCH3 is 1. The number of aryl methyl sites for hydroxylation is 2. The fourth-order valence-electron chi connectivity index (χ4n) is 2.72. The monoisotopic (exact) mass is 302 g/mol. The topological polar surface area (TPSA) is 86.9 Å². The summed E-state index contributed by atoms with van der Waals surface area (Å²) in [5.74, 6) is 0.207. The lowest BCUT2D eigenvalue weighted by atomic mass is 9.96. The van der Waals surface area contributed by atoms with E-state index >= 15 is 0 Å². The molecule has 0 radical (unpaired) electrons. The Balaban J connectivity index is 2.20. The molecule has 116 valence electrons. The second-order valence-corrected chi connectivity index (χ2v) is 5.11. The second-order valence-electron chi connectivity index (χ2n) is 5.11. The summed E-state index contributed by atoms with van der Waals surface area (Å²) in [4.78, 5) is 16.5. The molecule has 2 aromatic heterocycles. The van der Waals surface area contributed by atoms with Crippen LogP contribution in [0.25, 0.3) is 0 Å². The van der Waals surface area contributed by atoms with Crippen LogP contribution in [0.1, 0.15) is 31.1 Å². The molecule has 1 aliphatic heterocycles. The molecule has 0 spiro atoms. The Kier molecular flexibility index (Phi) is 3.44. The predicted octanol–water partition coefficient (Wildman–Crippen LogP) is 1.26. The molecule has 0 saturated heterocycles. The predicted molar refractivity (Wildman–Crippen MR) is 79.1 cm³/mol. The van der Waals surface area contributed by atoms with Gasteiger partial charge in [-0.25, -0.2) is 9.48 Å². The number of carbonyl (C=O) groups excluding carboxylic acids is 1. The van der Waals surface area contributed by atoms with Crippen molar-refractivity contribution in [3.8, 4) is 0 Å². The highest BCUT2D eigenvalue weighted by Crippen LogP contribution is 2.36. The lowest BCUT2D eigenvalue weighted by Gasteiger charge is -2.27. The van der Waals surface area contributed by atoms with Crippen molar-refractivity contribution in [2.45, 2.75) is 33.4 Å². The summed E-state index contributed by atoms with van der Waals surface area (Å²) in [5.41, 5.74) is 2.99. The summed E-state index contributed by atoms with van der Waals surface area (Å²) in [6.45, 7) is 6.52. The zero-order valence-electron chi connectivity index (χ0n) is 13.0. The van der Waals surface area contributed by atoms with E-state index in [1.807, 2.05) is 31.6 Å². The van der Waals surface area contributed by atoms with Crippen molar-refractivity contribution in [1.29, 1.82) is 0 Å². The fourth-order valence-corrected chi connectivity index (χ4v) is 2.72. The number of anilines is 1. The van der Waals surface area contributed by atoms with Crippen LogP contribution in [0.4, 0.5) is 5.95 Å². The van der Waals surface area contributed by atoms with E-state index < -0.39 is 6.04 Å². The minimum absolute atomic E-state index is 0.389. The summed E-state index contributed by atoms with van der Waals surface area (Å²) in [6.07, 6.45) is 3.40. The van der Waals surface area contributed by atoms with Crippen molar-refractivity contribution >= 4 is 11.9 Å². The second kappa shape index (κ2) is 5.28. The molecular weight excluding hydrogens is 284 g/mol. The SMILES string of the molecule is CCn1cc(C2C(C(=O)OC)=C(C)Nc3ncnn32)c(C)n1. The maximum Gasteiger partial charge on any atom is 0.338 e. The first kappa shape index (κ1) is 14.3. The van der Waals surface area contributed by atoms with Gasteiger partial charge in [0.25, 0.3) is 0 Å². The first-order chi connectivity index (χ1) is 10.6. The lowest BCUT2D eigenvalue weighted by Crippen LogP contribution is -2.29. The number of hydrogen-bond acceptors (Lipinski definition) is 6. The molecule has 0 fully saturated rings. The van der Waals surface area contributed by atoms with Gasteiger partial charge in [-0.05, 0) is 20.8 Å². The van der Waals surface area contributed by atoms with E-state index in [9.17, 15) is 4.79 Å². The fraction of sp³-hybridized carbons (Fsp3) is 0.429. The van der Waals surface area contributed by atoms with E-state index in [-0.39, 0.29) is 5.97 Å². The molecule has 0 aliphatic carbocycles. The number of allylic oxidation sites excluding steroid dienone is 1. The number of ether oxygens (including phenoxy) is 1. The number of esters is 1. The van der Waals surface area contributed by atoms with Gasteiger partial charge in [0.2, 0.25) is 5.95 Å². The van der Waals surface area contributed by atoms with Crippen LogP contribution in [-0.4, -0.2) is 37.6 Å². The number of aromatic nitrogens is 5. The molecule has 0 aromatic carbocycles. The minimum Gasteiger partial charge on any atom is -0.466 e. The average molecular weight is 302 g/mol. The summed E-state index contributed by atoms with van der Waals surface area (Å²) < 4.78 is 8.48.